The fourth-order valence-electron chi connectivity index (χ4n) is 2.74. The first-order valence-corrected chi connectivity index (χ1v) is 9.39. The van der Waals surface area contributed by atoms with Gasteiger partial charge in [-0.1, -0.05) is 37.1 Å². The van der Waals surface area contributed by atoms with Gasteiger partial charge in [-0.3, -0.25) is 9.59 Å². The highest BCUT2D eigenvalue weighted by atomic mass is 35.5. The molecule has 0 fully saturated rings. The third-order valence-corrected chi connectivity index (χ3v) is 4.59. The molecule has 6 nitrogen and oxygen atoms in total. The van der Waals surface area contributed by atoms with E-state index in [2.05, 4.69) is 5.32 Å². The van der Waals surface area contributed by atoms with Crippen LogP contribution in [0.15, 0.2) is 59.3 Å². The second-order valence-electron chi connectivity index (χ2n) is 6.27. The average Bonchev–Trinajstić information content (AvgIpc) is 2.93. The molecule has 1 heterocycles. The van der Waals surface area contributed by atoms with Gasteiger partial charge in [0, 0.05) is 5.69 Å². The van der Waals surface area contributed by atoms with Crippen molar-refractivity contribution in [2.75, 3.05) is 16.8 Å². The van der Waals surface area contributed by atoms with Crippen molar-refractivity contribution in [3.05, 3.63) is 70.6 Å². The Morgan fingerprint density at radius 2 is 1.79 bits per heavy atom. The number of ether oxygens (including phenoxy) is 1. The highest BCUT2D eigenvalue weighted by molar-refractivity contribution is 6.53. The molecule has 1 aliphatic heterocycles. The van der Waals surface area contributed by atoms with Gasteiger partial charge in [-0.15, -0.1) is 0 Å². The molecule has 0 saturated carbocycles. The van der Waals surface area contributed by atoms with Gasteiger partial charge in [0.05, 0.1) is 17.9 Å². The standard InChI is InChI=1S/C21H18ClFN2O4/c1-2-3-12-29-21(28)15-6-4-5-7-16(15)25-19(26)17(22)18(20(25)27)24-14-10-8-13(23)9-11-14/h4-11,24H,2-3,12H2,1H3. The van der Waals surface area contributed by atoms with Crippen molar-refractivity contribution >= 4 is 40.8 Å². The van der Waals surface area contributed by atoms with E-state index >= 15 is 0 Å². The smallest absolute Gasteiger partial charge is 0.340 e. The van der Waals surface area contributed by atoms with Crippen LogP contribution in [0.2, 0.25) is 0 Å². The number of nitrogens with one attached hydrogen (secondary N) is 1. The van der Waals surface area contributed by atoms with Crippen LogP contribution in [0.1, 0.15) is 30.1 Å². The van der Waals surface area contributed by atoms with E-state index in [4.69, 9.17) is 16.3 Å². The minimum Gasteiger partial charge on any atom is -0.462 e. The van der Waals surface area contributed by atoms with Crippen LogP contribution >= 0.6 is 11.6 Å². The number of hydrogen-bond acceptors (Lipinski definition) is 5. The molecule has 2 aromatic carbocycles. The largest absolute Gasteiger partial charge is 0.462 e. The Morgan fingerprint density at radius 1 is 1.10 bits per heavy atom. The van der Waals surface area contributed by atoms with E-state index in [1.165, 1.54) is 36.4 Å². The molecule has 29 heavy (non-hydrogen) atoms. The van der Waals surface area contributed by atoms with Crippen LogP contribution < -0.4 is 10.2 Å². The van der Waals surface area contributed by atoms with Crippen molar-refractivity contribution in [3.63, 3.8) is 0 Å². The van der Waals surface area contributed by atoms with Crippen LogP contribution in [0, 0.1) is 5.82 Å². The van der Waals surface area contributed by atoms with Crippen LogP contribution in [0.5, 0.6) is 0 Å². The molecule has 8 heteroatoms. The Balaban J connectivity index is 1.88. The molecule has 0 aromatic heterocycles. The second-order valence-corrected chi connectivity index (χ2v) is 6.65. The molecular formula is C21H18ClFN2O4. The quantitative estimate of drug-likeness (QED) is 0.415. The maximum Gasteiger partial charge on any atom is 0.340 e. The molecule has 150 valence electrons. The van der Waals surface area contributed by atoms with E-state index in [9.17, 15) is 18.8 Å². The molecule has 3 rings (SSSR count). The Hall–Kier alpha value is -3.19. The van der Waals surface area contributed by atoms with Gasteiger partial charge in [0.25, 0.3) is 11.8 Å². The van der Waals surface area contributed by atoms with E-state index in [0.29, 0.717) is 12.1 Å². The molecule has 1 N–H and O–H groups in total. The number of anilines is 2. The zero-order chi connectivity index (χ0) is 21.0. The number of halogens is 2. The molecule has 0 atom stereocenters. The molecule has 0 bridgehead atoms. The number of unbranched alkanes of at least 4 members (excludes halogenated alkanes) is 1. The third kappa shape index (κ3) is 4.30. The molecule has 0 unspecified atom stereocenters. The minimum atomic E-state index is -0.768. The molecule has 2 aromatic rings. The van der Waals surface area contributed by atoms with Crippen LogP contribution in [0.4, 0.5) is 15.8 Å². The zero-order valence-corrected chi connectivity index (χ0v) is 16.3. The van der Waals surface area contributed by atoms with Crippen molar-refractivity contribution in [1.82, 2.24) is 0 Å². The molecule has 0 radical (unpaired) electrons. The van der Waals surface area contributed by atoms with Gasteiger partial charge in [-0.25, -0.2) is 14.1 Å². The Kier molecular flexibility index (Phi) is 6.29. The lowest BCUT2D eigenvalue weighted by atomic mass is 10.1. The predicted octanol–water partition coefficient (Wildman–Crippen LogP) is 4.22. The van der Waals surface area contributed by atoms with E-state index in [-0.39, 0.29) is 28.6 Å². The first-order valence-electron chi connectivity index (χ1n) is 9.01. The van der Waals surface area contributed by atoms with Crippen molar-refractivity contribution in [3.8, 4) is 0 Å². The Bertz CT molecular complexity index is 988. The summed E-state index contributed by atoms with van der Waals surface area (Å²) in [5.74, 6) is -2.57. The minimum absolute atomic E-state index is 0.0813. The summed E-state index contributed by atoms with van der Waals surface area (Å²) in [4.78, 5) is 38.8. The SMILES string of the molecule is CCCCOC(=O)c1ccccc1N1C(=O)C(Cl)=C(Nc2ccc(F)cc2)C1=O. The van der Waals surface area contributed by atoms with Crippen LogP contribution in [-0.2, 0) is 14.3 Å². The summed E-state index contributed by atoms with van der Waals surface area (Å²) < 4.78 is 18.3. The summed E-state index contributed by atoms with van der Waals surface area (Å²) in [5.41, 5.74) is 0.392. The molecule has 0 aliphatic carbocycles. The maximum absolute atomic E-state index is 13.1. The van der Waals surface area contributed by atoms with Crippen molar-refractivity contribution in [1.29, 1.82) is 0 Å². The normalized spacial score (nSPS) is 13.8. The first kappa shape index (κ1) is 20.5. The van der Waals surface area contributed by atoms with Gasteiger partial charge in [0.15, 0.2) is 0 Å². The lowest BCUT2D eigenvalue weighted by molar-refractivity contribution is -0.120. The first-order chi connectivity index (χ1) is 13.9. The topological polar surface area (TPSA) is 75.7 Å². The summed E-state index contributed by atoms with van der Waals surface area (Å²) in [7, 11) is 0. The van der Waals surface area contributed by atoms with E-state index < -0.39 is 23.6 Å². The third-order valence-electron chi connectivity index (χ3n) is 4.24. The van der Waals surface area contributed by atoms with Crippen LogP contribution in [0.25, 0.3) is 0 Å². The number of rotatable bonds is 7. The second kappa shape index (κ2) is 8.87. The highest BCUT2D eigenvalue weighted by Crippen LogP contribution is 2.32. The summed E-state index contributed by atoms with van der Waals surface area (Å²) in [6.45, 7) is 2.20. The number of nitrogens with zero attached hydrogens (tertiary/aromatic N) is 1. The fraction of sp³-hybridized carbons (Fsp3) is 0.190. The van der Waals surface area contributed by atoms with E-state index in [0.717, 1.165) is 11.3 Å². The summed E-state index contributed by atoms with van der Waals surface area (Å²) in [6.07, 6.45) is 1.56. The van der Waals surface area contributed by atoms with Gasteiger partial charge in [0.1, 0.15) is 16.5 Å². The summed E-state index contributed by atoms with van der Waals surface area (Å²) in [6, 6.07) is 11.4. The lowest BCUT2D eigenvalue weighted by Gasteiger charge is -2.18. The van der Waals surface area contributed by atoms with Crippen molar-refractivity contribution < 1.29 is 23.5 Å². The number of benzene rings is 2. The number of hydrogen-bond donors (Lipinski definition) is 1. The monoisotopic (exact) mass is 416 g/mol. The molecule has 2 amide bonds. The van der Waals surface area contributed by atoms with Crippen molar-refractivity contribution in [2.45, 2.75) is 19.8 Å². The maximum atomic E-state index is 13.1. The van der Waals surface area contributed by atoms with Gasteiger partial charge in [-0.2, -0.15) is 0 Å². The lowest BCUT2D eigenvalue weighted by Crippen LogP contribution is -2.33. The van der Waals surface area contributed by atoms with Crippen LogP contribution in [-0.4, -0.2) is 24.4 Å². The predicted molar refractivity (Wildman–Crippen MR) is 107 cm³/mol. The molecule has 0 spiro atoms. The highest BCUT2D eigenvalue weighted by Gasteiger charge is 2.40. The van der Waals surface area contributed by atoms with Gasteiger partial charge < -0.3 is 10.1 Å². The summed E-state index contributed by atoms with van der Waals surface area (Å²) >= 11 is 6.10. The Morgan fingerprint density at radius 3 is 2.48 bits per heavy atom. The van der Waals surface area contributed by atoms with Gasteiger partial charge >= 0.3 is 5.97 Å². The van der Waals surface area contributed by atoms with Gasteiger partial charge in [0.2, 0.25) is 0 Å². The van der Waals surface area contributed by atoms with E-state index in [1.807, 2.05) is 6.92 Å². The van der Waals surface area contributed by atoms with Crippen LogP contribution in [0.3, 0.4) is 0 Å². The number of carbonyl (C=O) groups excluding carboxylic acids is 3. The van der Waals surface area contributed by atoms with Gasteiger partial charge in [-0.05, 0) is 42.8 Å². The summed E-state index contributed by atoms with van der Waals surface area (Å²) in [5, 5.41) is 2.42. The number of esters is 1. The average molecular weight is 417 g/mol. The molecule has 1 aliphatic rings. The number of para-hydroxylation sites is 1. The number of imide groups is 1. The number of amides is 2. The Labute approximate surface area is 171 Å². The number of carbonyl (C=O) groups is 3. The molecule has 0 saturated heterocycles. The fourth-order valence-corrected chi connectivity index (χ4v) is 2.95. The van der Waals surface area contributed by atoms with E-state index in [1.54, 1.807) is 12.1 Å². The molecular weight excluding hydrogens is 399 g/mol. The zero-order valence-electron chi connectivity index (χ0n) is 15.6. The van der Waals surface area contributed by atoms with Crippen molar-refractivity contribution in [2.24, 2.45) is 0 Å².